The molecular weight excluding hydrogens is 521 g/mol. The van der Waals surface area contributed by atoms with Gasteiger partial charge in [0.1, 0.15) is 0 Å². The van der Waals surface area contributed by atoms with Gasteiger partial charge >= 0.3 is 0 Å². The van der Waals surface area contributed by atoms with E-state index in [4.69, 9.17) is 4.42 Å². The number of anilines is 1. The number of oxazole rings is 1. The van der Waals surface area contributed by atoms with Gasteiger partial charge in [-0.15, -0.1) is 5.10 Å². The van der Waals surface area contributed by atoms with Crippen LogP contribution in [0.25, 0.3) is 28.4 Å². The molecule has 0 saturated heterocycles. The van der Waals surface area contributed by atoms with Crippen LogP contribution in [0.3, 0.4) is 0 Å². The molecule has 0 spiro atoms. The van der Waals surface area contributed by atoms with Crippen LogP contribution in [0, 0.1) is 17.4 Å². The second kappa shape index (κ2) is 8.11. The van der Waals surface area contributed by atoms with Crippen molar-refractivity contribution in [1.29, 1.82) is 0 Å². The first kappa shape index (κ1) is 20.2. The molecule has 1 aromatic carbocycles. The standard InChI is InChI=1S/C22H16IN7O2/c1-12-19(32-13(2)26-12)21(31)27-15-6-7-17(23)16(9-15)20-28-22-25-10-14(11-30(22)29-20)18-5-3-4-8-24-18/h3-11H,1-2H3,(H,27,31). The molecule has 0 radical (unpaired) electrons. The molecule has 0 aliphatic heterocycles. The number of rotatable bonds is 4. The van der Waals surface area contributed by atoms with E-state index in [0.717, 1.165) is 20.4 Å². The van der Waals surface area contributed by atoms with E-state index in [0.29, 0.717) is 28.9 Å². The number of carbonyl (C=O) groups is 1. The fourth-order valence-corrected chi connectivity index (χ4v) is 3.84. The summed E-state index contributed by atoms with van der Waals surface area (Å²) in [6.45, 7) is 3.44. The van der Waals surface area contributed by atoms with Crippen LogP contribution in [-0.4, -0.2) is 35.5 Å². The summed E-state index contributed by atoms with van der Waals surface area (Å²) in [6, 6.07) is 11.2. The first-order valence-electron chi connectivity index (χ1n) is 9.67. The van der Waals surface area contributed by atoms with Crippen molar-refractivity contribution in [2.45, 2.75) is 13.8 Å². The molecule has 0 unspecified atom stereocenters. The predicted molar refractivity (Wildman–Crippen MR) is 126 cm³/mol. The van der Waals surface area contributed by atoms with Crippen LogP contribution >= 0.6 is 22.6 Å². The molecule has 0 aliphatic carbocycles. The third kappa shape index (κ3) is 3.84. The molecule has 1 amide bonds. The quantitative estimate of drug-likeness (QED) is 0.340. The van der Waals surface area contributed by atoms with E-state index in [2.05, 4.69) is 52.9 Å². The highest BCUT2D eigenvalue weighted by Crippen LogP contribution is 2.27. The Hall–Kier alpha value is -3.67. The van der Waals surface area contributed by atoms with Gasteiger partial charge in [-0.2, -0.15) is 4.98 Å². The lowest BCUT2D eigenvalue weighted by Crippen LogP contribution is -2.12. The minimum absolute atomic E-state index is 0.194. The Balaban J connectivity index is 1.48. The lowest BCUT2D eigenvalue weighted by atomic mass is 10.2. The molecule has 0 fully saturated rings. The third-order valence-electron chi connectivity index (χ3n) is 4.73. The van der Waals surface area contributed by atoms with Crippen LogP contribution in [0.15, 0.2) is 59.4 Å². The van der Waals surface area contributed by atoms with Crippen molar-refractivity contribution in [1.82, 2.24) is 29.5 Å². The summed E-state index contributed by atoms with van der Waals surface area (Å²) in [5.41, 5.74) is 3.56. The van der Waals surface area contributed by atoms with Crippen molar-refractivity contribution in [2.75, 3.05) is 5.32 Å². The zero-order valence-electron chi connectivity index (χ0n) is 17.1. The molecule has 1 N–H and O–H groups in total. The summed E-state index contributed by atoms with van der Waals surface area (Å²) in [7, 11) is 0. The number of aromatic nitrogens is 6. The molecule has 32 heavy (non-hydrogen) atoms. The predicted octanol–water partition coefficient (Wildman–Crippen LogP) is 4.32. The van der Waals surface area contributed by atoms with Gasteiger partial charge < -0.3 is 9.73 Å². The van der Waals surface area contributed by atoms with Gasteiger partial charge in [0.05, 0.1) is 11.4 Å². The second-order valence-corrected chi connectivity index (χ2v) is 8.20. The lowest BCUT2D eigenvalue weighted by molar-refractivity contribution is 0.0994. The van der Waals surface area contributed by atoms with Crippen molar-refractivity contribution in [3.63, 3.8) is 0 Å². The van der Waals surface area contributed by atoms with Crippen molar-refractivity contribution < 1.29 is 9.21 Å². The second-order valence-electron chi connectivity index (χ2n) is 7.03. The first-order chi connectivity index (χ1) is 15.5. The maximum atomic E-state index is 12.6. The van der Waals surface area contributed by atoms with Crippen molar-refractivity contribution in [3.8, 4) is 22.6 Å². The Kier molecular flexibility index (Phi) is 5.13. The van der Waals surface area contributed by atoms with Crippen LogP contribution in [0.1, 0.15) is 22.1 Å². The van der Waals surface area contributed by atoms with Gasteiger partial charge in [-0.25, -0.2) is 14.5 Å². The first-order valence-corrected chi connectivity index (χ1v) is 10.7. The van der Waals surface area contributed by atoms with Gasteiger partial charge in [0.15, 0.2) is 11.7 Å². The fraction of sp³-hybridized carbons (Fsp3) is 0.0909. The highest BCUT2D eigenvalue weighted by atomic mass is 127. The zero-order chi connectivity index (χ0) is 22.2. The van der Waals surface area contributed by atoms with Gasteiger partial charge in [-0.3, -0.25) is 9.78 Å². The number of nitrogens with zero attached hydrogens (tertiary/aromatic N) is 6. The molecule has 10 heteroatoms. The SMILES string of the molecule is Cc1nc(C)c(C(=O)Nc2ccc(I)c(-c3nc4ncc(-c5ccccn5)cn4n3)c2)o1. The number of hydrogen-bond acceptors (Lipinski definition) is 7. The van der Waals surface area contributed by atoms with E-state index in [1.54, 1.807) is 30.8 Å². The summed E-state index contributed by atoms with van der Waals surface area (Å²) in [4.78, 5) is 30.1. The molecule has 9 nitrogen and oxygen atoms in total. The minimum atomic E-state index is -0.361. The van der Waals surface area contributed by atoms with E-state index in [-0.39, 0.29) is 11.7 Å². The summed E-state index contributed by atoms with van der Waals surface area (Å²) < 4.78 is 7.97. The summed E-state index contributed by atoms with van der Waals surface area (Å²) in [6.07, 6.45) is 5.30. The Morgan fingerprint density at radius 1 is 1.12 bits per heavy atom. The van der Waals surface area contributed by atoms with Crippen LogP contribution in [0.5, 0.6) is 0 Å². The number of fused-ring (bicyclic) bond motifs is 1. The number of nitrogens with one attached hydrogen (secondary N) is 1. The molecule has 5 rings (SSSR count). The minimum Gasteiger partial charge on any atom is -0.436 e. The Morgan fingerprint density at radius 2 is 2.00 bits per heavy atom. The van der Waals surface area contributed by atoms with Crippen molar-refractivity contribution in [2.24, 2.45) is 0 Å². The van der Waals surface area contributed by atoms with Gasteiger partial charge in [0, 0.05) is 45.9 Å². The Bertz CT molecular complexity index is 1460. The van der Waals surface area contributed by atoms with Crippen LogP contribution in [0.2, 0.25) is 0 Å². The molecule has 0 atom stereocenters. The van der Waals surface area contributed by atoms with Gasteiger partial charge in [0.2, 0.25) is 5.76 Å². The molecule has 0 aliphatic rings. The van der Waals surface area contributed by atoms with E-state index in [1.807, 2.05) is 42.6 Å². The highest BCUT2D eigenvalue weighted by Gasteiger charge is 2.18. The molecule has 5 aromatic rings. The molecule has 4 aromatic heterocycles. The topological polar surface area (TPSA) is 111 Å². The Labute approximate surface area is 196 Å². The molecular formula is C22H16IN7O2. The van der Waals surface area contributed by atoms with Crippen molar-refractivity contribution >= 4 is 40.0 Å². The smallest absolute Gasteiger partial charge is 0.293 e. The van der Waals surface area contributed by atoms with Crippen LogP contribution in [0.4, 0.5) is 5.69 Å². The number of hydrogen-bond donors (Lipinski definition) is 1. The number of pyridine rings is 1. The largest absolute Gasteiger partial charge is 0.436 e. The van der Waals surface area contributed by atoms with Gasteiger partial charge in [-0.05, 0) is 59.8 Å². The summed E-state index contributed by atoms with van der Waals surface area (Å²) >= 11 is 2.21. The maximum Gasteiger partial charge on any atom is 0.293 e. The number of benzene rings is 1. The van der Waals surface area contributed by atoms with E-state index < -0.39 is 0 Å². The molecule has 0 saturated carbocycles. The lowest BCUT2D eigenvalue weighted by Gasteiger charge is -2.07. The van der Waals surface area contributed by atoms with E-state index >= 15 is 0 Å². The normalized spacial score (nSPS) is 11.1. The zero-order valence-corrected chi connectivity index (χ0v) is 19.2. The van der Waals surface area contributed by atoms with E-state index in [9.17, 15) is 4.79 Å². The fourth-order valence-electron chi connectivity index (χ4n) is 3.27. The number of carbonyl (C=O) groups excluding carboxylic acids is 1. The highest BCUT2D eigenvalue weighted by molar-refractivity contribution is 14.1. The van der Waals surface area contributed by atoms with Gasteiger partial charge in [0.25, 0.3) is 11.7 Å². The molecule has 4 heterocycles. The average Bonchev–Trinajstić information content (AvgIpc) is 3.37. The summed E-state index contributed by atoms with van der Waals surface area (Å²) in [5.74, 6) is 1.25. The number of amides is 1. The monoisotopic (exact) mass is 537 g/mol. The molecule has 158 valence electrons. The molecule has 0 bridgehead atoms. The van der Waals surface area contributed by atoms with Crippen LogP contribution in [-0.2, 0) is 0 Å². The average molecular weight is 537 g/mol. The number of halogens is 1. The maximum absolute atomic E-state index is 12.6. The van der Waals surface area contributed by atoms with Gasteiger partial charge in [-0.1, -0.05) is 6.07 Å². The van der Waals surface area contributed by atoms with E-state index in [1.165, 1.54) is 0 Å². The summed E-state index contributed by atoms with van der Waals surface area (Å²) in [5, 5.41) is 7.45. The number of aryl methyl sites for hydroxylation is 2. The van der Waals surface area contributed by atoms with Crippen LogP contribution < -0.4 is 5.32 Å². The Morgan fingerprint density at radius 3 is 2.75 bits per heavy atom. The van der Waals surface area contributed by atoms with Crippen molar-refractivity contribution in [3.05, 3.63) is 75.9 Å². The third-order valence-corrected chi connectivity index (χ3v) is 5.67.